The molecule has 1 aliphatic heterocycles. The number of nitrogens with zero attached hydrogens (tertiary/aromatic N) is 3. The third-order valence-corrected chi connectivity index (χ3v) is 5.62. The summed E-state index contributed by atoms with van der Waals surface area (Å²) in [5, 5.41) is 12.8. The lowest BCUT2D eigenvalue weighted by Crippen LogP contribution is -2.49. The van der Waals surface area contributed by atoms with Crippen LogP contribution in [0, 0.1) is 0 Å². The van der Waals surface area contributed by atoms with Crippen molar-refractivity contribution in [2.45, 2.75) is 24.1 Å². The lowest BCUT2D eigenvalue weighted by Gasteiger charge is -2.39. The zero-order valence-corrected chi connectivity index (χ0v) is 13.0. The fourth-order valence-electron chi connectivity index (χ4n) is 2.50. The Hall–Kier alpha value is -0.980. The van der Waals surface area contributed by atoms with Gasteiger partial charge in [-0.2, -0.15) is 11.8 Å². The second-order valence-corrected chi connectivity index (χ2v) is 6.52. The van der Waals surface area contributed by atoms with Gasteiger partial charge in [-0.15, -0.1) is 0 Å². The Morgan fingerprint density at radius 1 is 1.60 bits per heavy atom. The van der Waals surface area contributed by atoms with E-state index >= 15 is 0 Å². The highest BCUT2D eigenvalue weighted by Gasteiger charge is 2.38. The highest BCUT2D eigenvalue weighted by atomic mass is 35.5. The van der Waals surface area contributed by atoms with E-state index in [1.807, 2.05) is 12.3 Å². The van der Waals surface area contributed by atoms with Gasteiger partial charge >= 0.3 is 0 Å². The van der Waals surface area contributed by atoms with Gasteiger partial charge in [0.25, 0.3) is 0 Å². The molecule has 0 bridgehead atoms. The van der Waals surface area contributed by atoms with Crippen molar-refractivity contribution in [3.8, 4) is 0 Å². The SMILES string of the molecule is CSC1(C(N)=NO)CCN(Cc2ccncc2Cl)CC1. The minimum Gasteiger partial charge on any atom is -0.409 e. The van der Waals surface area contributed by atoms with Crippen molar-refractivity contribution >= 4 is 29.2 Å². The molecule has 20 heavy (non-hydrogen) atoms. The zero-order chi connectivity index (χ0) is 14.6. The fourth-order valence-corrected chi connectivity index (χ4v) is 3.52. The Kier molecular flexibility index (Phi) is 5.12. The molecule has 1 saturated heterocycles. The number of rotatable bonds is 4. The van der Waals surface area contributed by atoms with Crippen LogP contribution in [0.2, 0.25) is 5.02 Å². The molecular weight excluding hydrogens is 296 g/mol. The van der Waals surface area contributed by atoms with Gasteiger partial charge in [0.15, 0.2) is 5.84 Å². The van der Waals surface area contributed by atoms with E-state index in [0.29, 0.717) is 10.9 Å². The second kappa shape index (κ2) is 6.65. The predicted molar refractivity (Wildman–Crippen MR) is 83.4 cm³/mol. The van der Waals surface area contributed by atoms with E-state index in [1.165, 1.54) is 0 Å². The van der Waals surface area contributed by atoms with Crippen molar-refractivity contribution in [2.24, 2.45) is 10.9 Å². The molecule has 0 spiro atoms. The summed E-state index contributed by atoms with van der Waals surface area (Å²) >= 11 is 7.79. The summed E-state index contributed by atoms with van der Waals surface area (Å²) in [5.74, 6) is 0.326. The molecule has 0 amide bonds. The minimum absolute atomic E-state index is 0.243. The van der Waals surface area contributed by atoms with E-state index in [4.69, 9.17) is 22.5 Å². The molecule has 0 saturated carbocycles. The first-order chi connectivity index (χ1) is 9.61. The second-order valence-electron chi connectivity index (χ2n) is 4.93. The molecule has 5 nitrogen and oxygen atoms in total. The van der Waals surface area contributed by atoms with Crippen molar-refractivity contribution in [2.75, 3.05) is 19.3 Å². The van der Waals surface area contributed by atoms with Crippen molar-refractivity contribution in [1.82, 2.24) is 9.88 Å². The van der Waals surface area contributed by atoms with Crippen molar-refractivity contribution < 1.29 is 5.21 Å². The number of pyridine rings is 1. The summed E-state index contributed by atoms with van der Waals surface area (Å²) in [7, 11) is 0. The lowest BCUT2D eigenvalue weighted by molar-refractivity contribution is 0.209. The maximum Gasteiger partial charge on any atom is 0.155 e. The van der Waals surface area contributed by atoms with Gasteiger partial charge in [0.05, 0.1) is 9.77 Å². The summed E-state index contributed by atoms with van der Waals surface area (Å²) in [6.45, 7) is 2.60. The van der Waals surface area contributed by atoms with E-state index in [9.17, 15) is 0 Å². The number of hydrogen-bond acceptors (Lipinski definition) is 5. The Morgan fingerprint density at radius 3 is 2.85 bits per heavy atom. The van der Waals surface area contributed by atoms with Crippen molar-refractivity contribution in [1.29, 1.82) is 0 Å². The first-order valence-corrected chi connectivity index (χ1v) is 8.05. The van der Waals surface area contributed by atoms with Crippen molar-refractivity contribution in [3.05, 3.63) is 29.0 Å². The predicted octanol–water partition coefficient (Wildman–Crippen LogP) is 2.18. The number of hydrogen-bond donors (Lipinski definition) is 2. The van der Waals surface area contributed by atoms with Crippen LogP contribution in [-0.2, 0) is 6.54 Å². The Balaban J connectivity index is 1.99. The van der Waals surface area contributed by atoms with Crippen LogP contribution in [-0.4, -0.2) is 45.0 Å². The molecular formula is C13H19ClN4OS. The molecule has 3 N–H and O–H groups in total. The van der Waals surface area contributed by atoms with Crippen LogP contribution in [0.3, 0.4) is 0 Å². The Bertz CT molecular complexity index is 489. The zero-order valence-electron chi connectivity index (χ0n) is 11.4. The third kappa shape index (κ3) is 3.19. The molecule has 0 aromatic carbocycles. The fraction of sp³-hybridized carbons (Fsp3) is 0.538. The Labute approximate surface area is 128 Å². The summed E-state index contributed by atoms with van der Waals surface area (Å²) in [6.07, 6.45) is 7.17. The van der Waals surface area contributed by atoms with Crippen LogP contribution in [0.1, 0.15) is 18.4 Å². The van der Waals surface area contributed by atoms with Gasteiger partial charge < -0.3 is 10.9 Å². The van der Waals surface area contributed by atoms with Gasteiger partial charge in [0.2, 0.25) is 0 Å². The third-order valence-electron chi connectivity index (χ3n) is 3.88. The number of aromatic nitrogens is 1. The molecule has 1 aromatic rings. The average Bonchev–Trinajstić information content (AvgIpc) is 2.50. The molecule has 1 aromatic heterocycles. The van der Waals surface area contributed by atoms with E-state index in [1.54, 1.807) is 24.2 Å². The first-order valence-electron chi connectivity index (χ1n) is 6.45. The van der Waals surface area contributed by atoms with Crippen LogP contribution in [0.25, 0.3) is 0 Å². The minimum atomic E-state index is -0.243. The highest BCUT2D eigenvalue weighted by Crippen LogP contribution is 2.35. The van der Waals surface area contributed by atoms with Gasteiger partial charge in [0, 0.05) is 32.0 Å². The first kappa shape index (κ1) is 15.4. The molecule has 1 aliphatic rings. The molecule has 7 heteroatoms. The number of halogens is 1. The van der Waals surface area contributed by atoms with Gasteiger partial charge in [-0.05, 0) is 30.7 Å². The summed E-state index contributed by atoms with van der Waals surface area (Å²) in [4.78, 5) is 6.33. The number of amidine groups is 1. The number of thioether (sulfide) groups is 1. The van der Waals surface area contributed by atoms with E-state index < -0.39 is 0 Å². The lowest BCUT2D eigenvalue weighted by atomic mass is 9.94. The van der Waals surface area contributed by atoms with E-state index in [2.05, 4.69) is 15.0 Å². The molecule has 1 fully saturated rings. The van der Waals surface area contributed by atoms with Gasteiger partial charge in [-0.1, -0.05) is 16.8 Å². The average molecular weight is 315 g/mol. The van der Waals surface area contributed by atoms with E-state index in [0.717, 1.165) is 38.0 Å². The standard InChI is InChI=1S/C13H19ClN4OS/c1-20-13(12(15)17-19)3-6-18(7-4-13)9-10-2-5-16-8-11(10)14/h2,5,8,19H,3-4,6-7,9H2,1H3,(H2,15,17). The molecule has 110 valence electrons. The topological polar surface area (TPSA) is 74.7 Å². The summed E-state index contributed by atoms with van der Waals surface area (Å²) < 4.78 is -0.243. The van der Waals surface area contributed by atoms with Crippen LogP contribution in [0.15, 0.2) is 23.6 Å². The molecule has 0 radical (unpaired) electrons. The number of nitrogens with two attached hydrogens (primary N) is 1. The van der Waals surface area contributed by atoms with E-state index in [-0.39, 0.29) is 4.75 Å². The Morgan fingerprint density at radius 2 is 2.30 bits per heavy atom. The maximum absolute atomic E-state index is 8.93. The van der Waals surface area contributed by atoms with Gasteiger partial charge in [0.1, 0.15) is 0 Å². The monoisotopic (exact) mass is 314 g/mol. The van der Waals surface area contributed by atoms with Crippen LogP contribution in [0.5, 0.6) is 0 Å². The van der Waals surface area contributed by atoms with Crippen LogP contribution < -0.4 is 5.73 Å². The number of likely N-dealkylation sites (tertiary alicyclic amines) is 1. The van der Waals surface area contributed by atoms with Gasteiger partial charge in [-0.25, -0.2) is 0 Å². The molecule has 2 rings (SSSR count). The number of oxime groups is 1. The quantitative estimate of drug-likeness (QED) is 0.385. The molecule has 2 heterocycles. The highest BCUT2D eigenvalue weighted by molar-refractivity contribution is 8.00. The summed E-state index contributed by atoms with van der Waals surface area (Å²) in [5.41, 5.74) is 6.93. The maximum atomic E-state index is 8.93. The molecule has 0 atom stereocenters. The van der Waals surface area contributed by atoms with Crippen LogP contribution >= 0.6 is 23.4 Å². The smallest absolute Gasteiger partial charge is 0.155 e. The molecule has 0 aliphatic carbocycles. The normalized spacial score (nSPS) is 20.0. The molecule has 0 unspecified atom stereocenters. The summed E-state index contributed by atoms with van der Waals surface area (Å²) in [6, 6.07) is 1.95. The largest absolute Gasteiger partial charge is 0.409 e. The van der Waals surface area contributed by atoms with Gasteiger partial charge in [-0.3, -0.25) is 9.88 Å². The van der Waals surface area contributed by atoms with Crippen molar-refractivity contribution in [3.63, 3.8) is 0 Å². The van der Waals surface area contributed by atoms with Crippen LogP contribution in [0.4, 0.5) is 0 Å². The number of piperidine rings is 1.